The van der Waals surface area contributed by atoms with Crippen LogP contribution < -0.4 is 0 Å². The van der Waals surface area contributed by atoms with Gasteiger partial charge in [-0.1, -0.05) is 27.5 Å². The van der Waals surface area contributed by atoms with Crippen LogP contribution in [0.2, 0.25) is 5.02 Å². The van der Waals surface area contributed by atoms with Crippen LogP contribution in [0.1, 0.15) is 5.56 Å². The number of rotatable bonds is 2. The van der Waals surface area contributed by atoms with Gasteiger partial charge in [0.15, 0.2) is 0 Å². The zero-order chi connectivity index (χ0) is 8.27. The zero-order valence-corrected chi connectivity index (χ0v) is 8.19. The van der Waals surface area contributed by atoms with Crippen LogP contribution in [0.3, 0.4) is 0 Å². The maximum absolute atomic E-state index is 8.64. The van der Waals surface area contributed by atoms with E-state index in [1.807, 2.05) is 18.2 Å². The van der Waals surface area contributed by atoms with E-state index in [4.69, 9.17) is 16.7 Å². The van der Waals surface area contributed by atoms with Crippen LogP contribution in [0.5, 0.6) is 0 Å². The lowest BCUT2D eigenvalue weighted by Gasteiger charge is -1.99. The minimum Gasteiger partial charge on any atom is -0.396 e. The summed E-state index contributed by atoms with van der Waals surface area (Å²) in [5, 5.41) is 9.34. The third-order valence-electron chi connectivity index (χ3n) is 1.32. The number of benzene rings is 1. The smallest absolute Gasteiger partial charge is 0.0471 e. The Kier molecular flexibility index (Phi) is 3.37. The van der Waals surface area contributed by atoms with E-state index in [9.17, 15) is 0 Å². The van der Waals surface area contributed by atoms with E-state index >= 15 is 0 Å². The predicted molar refractivity (Wildman–Crippen MR) is 49.9 cm³/mol. The lowest BCUT2D eigenvalue weighted by molar-refractivity contribution is 0.299. The highest BCUT2D eigenvalue weighted by molar-refractivity contribution is 9.10. The molecule has 60 valence electrons. The van der Waals surface area contributed by atoms with E-state index in [2.05, 4.69) is 15.9 Å². The van der Waals surface area contributed by atoms with E-state index < -0.39 is 0 Å². The molecule has 0 spiro atoms. The molecule has 0 unspecified atom stereocenters. The number of aliphatic hydroxyl groups excluding tert-OH is 1. The summed E-state index contributed by atoms with van der Waals surface area (Å²) in [6, 6.07) is 5.62. The molecule has 0 fully saturated rings. The molecule has 0 amide bonds. The Hall–Kier alpha value is -0.0500. The summed E-state index contributed by atoms with van der Waals surface area (Å²) in [5.41, 5.74) is 1.05. The molecule has 0 atom stereocenters. The molecule has 0 aliphatic carbocycles. The van der Waals surface area contributed by atoms with Crippen molar-refractivity contribution >= 4 is 27.5 Å². The Morgan fingerprint density at radius 2 is 2.09 bits per heavy atom. The maximum atomic E-state index is 8.64. The fourth-order valence-electron chi connectivity index (χ4n) is 0.884. The molecular formula is C8H8BrClO. The summed E-state index contributed by atoms with van der Waals surface area (Å²) < 4.78 is 0.952. The molecule has 0 saturated heterocycles. The number of hydrogen-bond donors (Lipinski definition) is 1. The summed E-state index contributed by atoms with van der Waals surface area (Å²) in [6.45, 7) is 0.160. The summed E-state index contributed by atoms with van der Waals surface area (Å²) in [6.07, 6.45) is 0.652. The van der Waals surface area contributed by atoms with Gasteiger partial charge >= 0.3 is 0 Å². The highest BCUT2D eigenvalue weighted by atomic mass is 79.9. The molecule has 1 aromatic carbocycles. The molecule has 1 aromatic rings. The van der Waals surface area contributed by atoms with Crippen LogP contribution in [0.15, 0.2) is 22.7 Å². The summed E-state index contributed by atoms with van der Waals surface area (Å²) in [4.78, 5) is 0. The van der Waals surface area contributed by atoms with Gasteiger partial charge in [-0.2, -0.15) is 0 Å². The molecule has 1 N–H and O–H groups in total. The minimum atomic E-state index is 0.160. The van der Waals surface area contributed by atoms with Crippen LogP contribution in [-0.2, 0) is 6.42 Å². The summed E-state index contributed by atoms with van der Waals surface area (Å²) in [5.74, 6) is 0. The van der Waals surface area contributed by atoms with Gasteiger partial charge in [0.2, 0.25) is 0 Å². The van der Waals surface area contributed by atoms with E-state index in [1.165, 1.54) is 0 Å². The van der Waals surface area contributed by atoms with Crippen molar-refractivity contribution in [2.45, 2.75) is 6.42 Å². The van der Waals surface area contributed by atoms with Gasteiger partial charge in [0, 0.05) is 16.1 Å². The summed E-state index contributed by atoms with van der Waals surface area (Å²) >= 11 is 9.09. The van der Waals surface area contributed by atoms with Crippen molar-refractivity contribution in [2.24, 2.45) is 0 Å². The Bertz CT molecular complexity index is 230. The second-order valence-corrected chi connectivity index (χ2v) is 3.60. The number of hydrogen-bond acceptors (Lipinski definition) is 1. The first kappa shape index (κ1) is 9.04. The Morgan fingerprint density at radius 1 is 1.36 bits per heavy atom. The molecule has 0 aliphatic rings. The molecule has 3 heteroatoms. The predicted octanol–water partition coefficient (Wildman–Crippen LogP) is 2.64. The van der Waals surface area contributed by atoms with Gasteiger partial charge in [0.05, 0.1) is 0 Å². The van der Waals surface area contributed by atoms with Crippen LogP contribution >= 0.6 is 27.5 Å². The highest BCUT2D eigenvalue weighted by Gasteiger charge is 1.96. The minimum absolute atomic E-state index is 0.160. The Balaban J connectivity index is 2.89. The van der Waals surface area contributed by atoms with Crippen molar-refractivity contribution in [1.29, 1.82) is 0 Å². The Morgan fingerprint density at radius 3 is 2.64 bits per heavy atom. The van der Waals surface area contributed by atoms with Gasteiger partial charge in [-0.25, -0.2) is 0 Å². The third-order valence-corrected chi connectivity index (χ3v) is 2.00. The van der Waals surface area contributed by atoms with Crippen molar-refractivity contribution in [3.8, 4) is 0 Å². The lowest BCUT2D eigenvalue weighted by Crippen LogP contribution is -1.89. The maximum Gasteiger partial charge on any atom is 0.0471 e. The van der Waals surface area contributed by atoms with E-state index in [-0.39, 0.29) is 6.61 Å². The van der Waals surface area contributed by atoms with Crippen molar-refractivity contribution in [3.05, 3.63) is 33.3 Å². The van der Waals surface area contributed by atoms with Gasteiger partial charge < -0.3 is 5.11 Å². The average molecular weight is 236 g/mol. The standard InChI is InChI=1S/C8H8BrClO/c9-7-3-6(1-2-11)4-8(10)5-7/h3-5,11H,1-2H2. The van der Waals surface area contributed by atoms with Crippen molar-refractivity contribution in [1.82, 2.24) is 0 Å². The molecule has 0 bridgehead atoms. The normalized spacial score (nSPS) is 10.1. The molecule has 11 heavy (non-hydrogen) atoms. The second-order valence-electron chi connectivity index (χ2n) is 2.25. The van der Waals surface area contributed by atoms with Crippen LogP contribution in [-0.4, -0.2) is 11.7 Å². The number of aliphatic hydroxyl groups is 1. The quantitative estimate of drug-likeness (QED) is 0.835. The zero-order valence-electron chi connectivity index (χ0n) is 5.85. The topological polar surface area (TPSA) is 20.2 Å². The first-order valence-corrected chi connectivity index (χ1v) is 4.45. The monoisotopic (exact) mass is 234 g/mol. The molecule has 1 rings (SSSR count). The highest BCUT2D eigenvalue weighted by Crippen LogP contribution is 2.19. The van der Waals surface area contributed by atoms with E-state index in [1.54, 1.807) is 0 Å². The van der Waals surface area contributed by atoms with Gasteiger partial charge in [-0.15, -0.1) is 0 Å². The average Bonchev–Trinajstić information content (AvgIpc) is 1.85. The third kappa shape index (κ3) is 2.81. The molecule has 0 heterocycles. The first-order chi connectivity index (χ1) is 5.22. The van der Waals surface area contributed by atoms with Gasteiger partial charge in [0.1, 0.15) is 0 Å². The lowest BCUT2D eigenvalue weighted by atomic mass is 10.2. The van der Waals surface area contributed by atoms with Crippen LogP contribution in [0, 0.1) is 0 Å². The van der Waals surface area contributed by atoms with Crippen molar-refractivity contribution in [2.75, 3.05) is 6.61 Å². The molecule has 0 radical (unpaired) electrons. The van der Waals surface area contributed by atoms with Gasteiger partial charge in [-0.3, -0.25) is 0 Å². The van der Waals surface area contributed by atoms with Gasteiger partial charge in [0.25, 0.3) is 0 Å². The van der Waals surface area contributed by atoms with Crippen molar-refractivity contribution < 1.29 is 5.11 Å². The molecule has 1 nitrogen and oxygen atoms in total. The second kappa shape index (κ2) is 4.10. The molecule has 0 saturated carbocycles. The Labute approximate surface area is 79.1 Å². The van der Waals surface area contributed by atoms with Crippen LogP contribution in [0.4, 0.5) is 0 Å². The van der Waals surface area contributed by atoms with Gasteiger partial charge in [-0.05, 0) is 30.2 Å². The van der Waals surface area contributed by atoms with E-state index in [0.717, 1.165) is 10.0 Å². The van der Waals surface area contributed by atoms with Crippen LogP contribution in [0.25, 0.3) is 0 Å². The SMILES string of the molecule is OCCc1cc(Cl)cc(Br)c1. The van der Waals surface area contributed by atoms with Crippen molar-refractivity contribution in [3.63, 3.8) is 0 Å². The molecular weight excluding hydrogens is 227 g/mol. The largest absolute Gasteiger partial charge is 0.396 e. The first-order valence-electron chi connectivity index (χ1n) is 3.28. The fraction of sp³-hybridized carbons (Fsp3) is 0.250. The van der Waals surface area contributed by atoms with E-state index in [0.29, 0.717) is 11.4 Å². The molecule has 0 aromatic heterocycles. The summed E-state index contributed by atoms with van der Waals surface area (Å²) in [7, 11) is 0. The number of halogens is 2. The fourth-order valence-corrected chi connectivity index (χ4v) is 1.81. The molecule has 0 aliphatic heterocycles.